The predicted molar refractivity (Wildman–Crippen MR) is 220 cm³/mol. The van der Waals surface area contributed by atoms with E-state index >= 15 is 0 Å². The lowest BCUT2D eigenvalue weighted by Gasteiger charge is -2.42. The van der Waals surface area contributed by atoms with Crippen LogP contribution in [0.5, 0.6) is 0 Å². The molecule has 55 heavy (non-hydrogen) atoms. The molecule has 0 radical (unpaired) electrons. The van der Waals surface area contributed by atoms with Crippen molar-refractivity contribution in [3.8, 4) is 0 Å². The molecule has 1 heterocycles. The van der Waals surface area contributed by atoms with E-state index in [1.807, 2.05) is 55.4 Å². The molecule has 0 saturated carbocycles. The van der Waals surface area contributed by atoms with Crippen molar-refractivity contribution in [2.45, 2.75) is 109 Å². The van der Waals surface area contributed by atoms with Crippen LogP contribution in [0, 0.1) is 6.92 Å². The van der Waals surface area contributed by atoms with Gasteiger partial charge in [-0.2, -0.15) is 0 Å². The molecule has 4 atom stereocenters. The van der Waals surface area contributed by atoms with E-state index in [2.05, 4.69) is 91.2 Å². The third kappa shape index (κ3) is 12.9. The van der Waals surface area contributed by atoms with Gasteiger partial charge in [-0.1, -0.05) is 110 Å². The Morgan fingerprint density at radius 2 is 1.47 bits per heavy atom. The van der Waals surface area contributed by atoms with Crippen molar-refractivity contribution in [3.05, 3.63) is 142 Å². The molecule has 4 aromatic rings. The van der Waals surface area contributed by atoms with Crippen molar-refractivity contribution < 1.29 is 23.8 Å². The minimum atomic E-state index is -0.960. The quantitative estimate of drug-likeness (QED) is 0.102. The highest BCUT2D eigenvalue weighted by Crippen LogP contribution is 2.37. The number of likely N-dealkylation sites (N-methyl/N-ethyl adjacent to an activating group) is 1. The lowest BCUT2D eigenvalue weighted by atomic mass is 9.90. The summed E-state index contributed by atoms with van der Waals surface area (Å²) in [6.07, 6.45) is 3.69. The number of benzene rings is 4. The van der Waals surface area contributed by atoms with Crippen LogP contribution in [-0.4, -0.2) is 67.7 Å². The third-order valence-corrected chi connectivity index (χ3v) is 10.4. The number of ether oxygens (including phenoxy) is 3. The van der Waals surface area contributed by atoms with Gasteiger partial charge >= 0.3 is 0 Å². The van der Waals surface area contributed by atoms with Crippen LogP contribution in [0.25, 0.3) is 0 Å². The van der Waals surface area contributed by atoms with Crippen LogP contribution in [0.4, 0.5) is 0 Å². The lowest BCUT2D eigenvalue weighted by Crippen LogP contribution is -2.55. The summed E-state index contributed by atoms with van der Waals surface area (Å²) in [7, 11) is 3.92. The normalized spacial score (nSPS) is 18.6. The van der Waals surface area contributed by atoms with Gasteiger partial charge in [-0.25, -0.2) is 0 Å². The molecule has 294 valence electrons. The molecule has 0 aromatic heterocycles. The maximum Gasteiger partial charge on any atom is 0.245 e. The van der Waals surface area contributed by atoms with E-state index in [1.54, 1.807) is 13.8 Å². The molecule has 1 aliphatic heterocycles. The Hall–Kier alpha value is -4.34. The van der Waals surface area contributed by atoms with Crippen LogP contribution in [0.15, 0.2) is 103 Å². The largest absolute Gasteiger partial charge is 0.371 e. The number of aryl methyl sites for hydroxylation is 2. The SMILES string of the molecule is CCC1OC(c2ccc(C)c(Cc3ccc(CCCC(=O)NC(C)(C)C(=O)NCCN(C)C)cc3)c2)CC(OCc2ccccc2)[C@@H]1OCc1ccccc1. The molecule has 0 bridgehead atoms. The highest BCUT2D eigenvalue weighted by Gasteiger charge is 2.40. The lowest BCUT2D eigenvalue weighted by molar-refractivity contribution is -0.210. The van der Waals surface area contributed by atoms with E-state index in [-0.39, 0.29) is 36.2 Å². The van der Waals surface area contributed by atoms with Gasteiger partial charge in [0.25, 0.3) is 0 Å². The number of carbonyl (C=O) groups is 2. The second kappa shape index (κ2) is 20.5. The molecule has 1 fully saturated rings. The first-order valence-electron chi connectivity index (χ1n) is 19.9. The number of amides is 2. The third-order valence-electron chi connectivity index (χ3n) is 10.4. The molecular formula is C47H61N3O5. The molecule has 1 aliphatic rings. The van der Waals surface area contributed by atoms with Crippen LogP contribution in [0.3, 0.4) is 0 Å². The fourth-order valence-electron chi connectivity index (χ4n) is 7.05. The zero-order valence-corrected chi connectivity index (χ0v) is 33.7. The smallest absolute Gasteiger partial charge is 0.245 e. The van der Waals surface area contributed by atoms with Crippen LogP contribution < -0.4 is 10.6 Å². The molecule has 0 aliphatic carbocycles. The van der Waals surface area contributed by atoms with Crippen molar-refractivity contribution >= 4 is 11.8 Å². The number of hydrogen-bond donors (Lipinski definition) is 2. The van der Waals surface area contributed by atoms with Crippen molar-refractivity contribution in [1.82, 2.24) is 15.5 Å². The van der Waals surface area contributed by atoms with Crippen LogP contribution >= 0.6 is 0 Å². The monoisotopic (exact) mass is 747 g/mol. The molecule has 5 rings (SSSR count). The number of carbonyl (C=O) groups excluding carboxylic acids is 2. The van der Waals surface area contributed by atoms with E-state index in [0.717, 1.165) is 42.5 Å². The number of nitrogens with one attached hydrogen (secondary N) is 2. The molecule has 0 spiro atoms. The van der Waals surface area contributed by atoms with E-state index in [9.17, 15) is 9.59 Å². The molecule has 1 saturated heterocycles. The number of hydrogen-bond acceptors (Lipinski definition) is 6. The number of nitrogens with zero attached hydrogens (tertiary/aromatic N) is 1. The summed E-state index contributed by atoms with van der Waals surface area (Å²) in [6.45, 7) is 10.1. The van der Waals surface area contributed by atoms with E-state index in [1.165, 1.54) is 22.3 Å². The summed E-state index contributed by atoms with van der Waals surface area (Å²) in [4.78, 5) is 27.3. The second-order valence-electron chi connectivity index (χ2n) is 15.7. The van der Waals surface area contributed by atoms with Gasteiger partial charge in [0.1, 0.15) is 11.6 Å². The van der Waals surface area contributed by atoms with Gasteiger partial charge < -0.3 is 29.7 Å². The van der Waals surface area contributed by atoms with E-state index in [0.29, 0.717) is 39.0 Å². The molecule has 4 aromatic carbocycles. The predicted octanol–water partition coefficient (Wildman–Crippen LogP) is 7.89. The second-order valence-corrected chi connectivity index (χ2v) is 15.7. The van der Waals surface area contributed by atoms with Crippen LogP contribution in [0.2, 0.25) is 0 Å². The Kier molecular flexibility index (Phi) is 15.6. The molecule has 2 amide bonds. The highest BCUT2D eigenvalue weighted by atomic mass is 16.6. The van der Waals surface area contributed by atoms with Crippen molar-refractivity contribution in [1.29, 1.82) is 0 Å². The summed E-state index contributed by atoms with van der Waals surface area (Å²) in [5.41, 5.74) is 7.43. The summed E-state index contributed by atoms with van der Waals surface area (Å²) < 4.78 is 20.1. The van der Waals surface area contributed by atoms with Gasteiger partial charge in [-0.15, -0.1) is 0 Å². The summed E-state index contributed by atoms with van der Waals surface area (Å²) in [5.74, 6) is -0.290. The van der Waals surface area contributed by atoms with E-state index in [4.69, 9.17) is 14.2 Å². The average Bonchev–Trinajstić information content (AvgIpc) is 3.18. The van der Waals surface area contributed by atoms with Gasteiger partial charge in [0.05, 0.1) is 31.5 Å². The van der Waals surface area contributed by atoms with Crippen molar-refractivity contribution in [3.63, 3.8) is 0 Å². The minimum absolute atomic E-state index is 0.101. The zero-order chi connectivity index (χ0) is 39.2. The summed E-state index contributed by atoms with van der Waals surface area (Å²) in [6, 6.07) is 36.0. The average molecular weight is 748 g/mol. The minimum Gasteiger partial charge on any atom is -0.371 e. The topological polar surface area (TPSA) is 89.1 Å². The Bertz CT molecular complexity index is 1780. The van der Waals surface area contributed by atoms with Gasteiger partial charge in [0.2, 0.25) is 11.8 Å². The van der Waals surface area contributed by atoms with Crippen molar-refractivity contribution in [2.75, 3.05) is 27.2 Å². The Morgan fingerprint density at radius 1 is 0.836 bits per heavy atom. The molecular weight excluding hydrogens is 687 g/mol. The zero-order valence-electron chi connectivity index (χ0n) is 33.7. The van der Waals surface area contributed by atoms with Gasteiger partial charge in [0, 0.05) is 25.9 Å². The molecule has 2 N–H and O–H groups in total. The summed E-state index contributed by atoms with van der Waals surface area (Å²) in [5, 5.41) is 5.80. The fourth-order valence-corrected chi connectivity index (χ4v) is 7.05. The molecule has 8 heteroatoms. The maximum atomic E-state index is 12.7. The molecule has 3 unspecified atom stereocenters. The summed E-state index contributed by atoms with van der Waals surface area (Å²) >= 11 is 0. The molecule has 8 nitrogen and oxygen atoms in total. The van der Waals surface area contributed by atoms with Gasteiger partial charge in [0.15, 0.2) is 0 Å². The van der Waals surface area contributed by atoms with Crippen LogP contribution in [0.1, 0.15) is 91.5 Å². The standard InChI is InChI=1S/C47H61N3O5/c1-7-41-45(54-33-38-17-12-9-13-18-38)43(53-32-37-15-10-8-11-16-37)31-42(55-41)39-26-21-34(2)40(30-39)29-36-24-22-35(23-25-36)19-14-20-44(51)49-47(3,4)46(52)48-27-28-50(5)6/h8-13,15-18,21-26,30,41-43,45H,7,14,19-20,27-29,31-33H2,1-6H3,(H,48,52)(H,49,51)/t41?,42?,43?,45-/m1/s1. The maximum absolute atomic E-state index is 12.7. The van der Waals surface area contributed by atoms with Crippen LogP contribution in [-0.2, 0) is 49.9 Å². The Balaban J connectivity index is 1.18. The number of rotatable bonds is 19. The van der Waals surface area contributed by atoms with Gasteiger partial charge in [-0.3, -0.25) is 9.59 Å². The first kappa shape index (κ1) is 41.8. The highest BCUT2D eigenvalue weighted by molar-refractivity contribution is 5.90. The van der Waals surface area contributed by atoms with Crippen molar-refractivity contribution in [2.24, 2.45) is 0 Å². The van der Waals surface area contributed by atoms with Gasteiger partial charge in [-0.05, 0) is 99.5 Å². The first-order chi connectivity index (χ1) is 26.5. The first-order valence-corrected chi connectivity index (χ1v) is 19.9. The van der Waals surface area contributed by atoms with E-state index < -0.39 is 5.54 Å². The fraction of sp³-hybridized carbons (Fsp3) is 0.447. The Labute approximate surface area is 329 Å². The Morgan fingerprint density at radius 3 is 2.11 bits per heavy atom.